The molecule has 0 spiro atoms. The average Bonchev–Trinajstić information content (AvgIpc) is 1.63. The Balaban J connectivity index is 0.000000158. The van der Waals surface area contributed by atoms with Gasteiger partial charge in [0.25, 0.3) is 35.4 Å². The number of anilines is 5. The number of aryl methyl sites for hydroxylation is 3. The Morgan fingerprint density at radius 2 is 0.869 bits per heavy atom. The Labute approximate surface area is 704 Å². The molecule has 0 saturated carbocycles. The van der Waals surface area contributed by atoms with Gasteiger partial charge in [0.05, 0.1) is 45.4 Å². The highest BCUT2D eigenvalue weighted by atomic mass is 19.1. The summed E-state index contributed by atoms with van der Waals surface area (Å²) in [5.74, 6) is -3.23. The zero-order valence-corrected chi connectivity index (χ0v) is 68.7. The number of aliphatic hydroxyl groups is 1. The van der Waals surface area contributed by atoms with Crippen molar-refractivity contribution >= 4 is 81.6 Å². The fourth-order valence-corrected chi connectivity index (χ4v) is 15.6. The van der Waals surface area contributed by atoms with Crippen molar-refractivity contribution in [1.29, 1.82) is 0 Å². The van der Waals surface area contributed by atoms with Crippen molar-refractivity contribution in [2.75, 3.05) is 46.2 Å². The number of halogens is 1. The quantitative estimate of drug-likeness (QED) is 0.0267. The molecule has 3 aliphatic rings. The second kappa shape index (κ2) is 37.8. The number of aliphatic hydroxyl groups excluding tert-OH is 1. The summed E-state index contributed by atoms with van der Waals surface area (Å²) in [5, 5.41) is 41.4. The smallest absolute Gasteiger partial charge is 0.276 e. The van der Waals surface area contributed by atoms with E-state index in [-0.39, 0.29) is 103 Å². The average molecular weight is 1640 g/mol. The molecule has 15 rings (SSSR count). The molecule has 0 unspecified atom stereocenters. The molecule has 6 aromatic heterocycles. The SMILES string of the molecule is C=CC(=O)NCc1cc(F)ccc1Cn1nc(C(=O)Nc2cccc([C@H](C)O)c2)c2c1[C@H](C)CN(C(=O)c1ccc[nH]1)C2.C=CC(=O)Nc1ccc(Cn2nc(C(=O)Nc3cccc(C)c3)c3c2[C@H](C)CN(C(=O)c2ccc[nH]2)C3)cc1C.C=CC(=O)Nc1cccc(Cn2nc(C(=O)Nc3cccc(C)c3)c3c2[C@H](C)CN(C(=O)c2ccc[nH]2)C3)c1. The Kier molecular flexibility index (Phi) is 26.4. The fourth-order valence-electron chi connectivity index (χ4n) is 15.6. The predicted octanol–water partition coefficient (Wildman–Crippen LogP) is 14.0. The summed E-state index contributed by atoms with van der Waals surface area (Å²) in [6.45, 7) is 27.2. The molecule has 9 heterocycles. The highest BCUT2D eigenvalue weighted by Crippen LogP contribution is 2.37. The van der Waals surface area contributed by atoms with E-state index in [0.717, 1.165) is 62.1 Å². The number of hydrogen-bond acceptors (Lipinski definition) is 13. The number of carbonyl (C=O) groups is 9. The minimum Gasteiger partial charge on any atom is -0.389 e. The van der Waals surface area contributed by atoms with Gasteiger partial charge in [0.1, 0.15) is 22.9 Å². The van der Waals surface area contributed by atoms with E-state index in [4.69, 9.17) is 15.3 Å². The van der Waals surface area contributed by atoms with Crippen molar-refractivity contribution in [1.82, 2.24) is 64.3 Å². The lowest BCUT2D eigenvalue weighted by atomic mass is 9.95. The number of aromatic amines is 3. The molecule has 6 aromatic carbocycles. The third-order valence-corrected chi connectivity index (χ3v) is 21.3. The standard InChI is InChI=1S/C32H33FN6O4.C31H32N6O3.C30H30N6O3/c1-4-28(41)35-15-23-13-24(33)11-10-22(23)17-39-30-19(2)16-38(32(43)27-9-6-12-34-27)18-26(30)29(37-39)31(42)36-25-8-5-7-21(14-25)20(3)40;1-5-27(38)34-25-12-11-22(15-20(25)3)17-37-29-21(4)16-36(31(40)26-10-7-13-32-26)18-24(29)28(35-37)30(39)33-23-9-6-8-19(2)14-23;1-4-26(37)32-23-11-6-9-21(15-23)17-36-28-20(3)16-35(30(39)25-12-7-13-31-25)18-24(28)27(34-36)29(38)33-22-10-5-8-19(2)14-22/h4-14,19-20,34,40H,1,15-18H2,2-3H3,(H,35,41)(H,36,42);5-15,21,32H,1,16-18H2,2-4H3,(H,33,39)(H,34,38);4-15,20,31H,1,16-18H2,2-3H3,(H,32,37)(H,33,38)/t19-,20+;21-;20-/m111/s1. The normalized spacial score (nSPS) is 14.6. The summed E-state index contributed by atoms with van der Waals surface area (Å²) in [4.78, 5) is 130. The van der Waals surface area contributed by atoms with Gasteiger partial charge in [-0.1, -0.05) is 107 Å². The number of aromatic nitrogens is 9. The number of amides is 9. The van der Waals surface area contributed by atoms with Crippen molar-refractivity contribution in [3.8, 4) is 0 Å². The Hall–Kier alpha value is -14.9. The van der Waals surface area contributed by atoms with Gasteiger partial charge in [0, 0.05) is 125 Å². The van der Waals surface area contributed by atoms with Gasteiger partial charge in [0.2, 0.25) is 17.7 Å². The first-order valence-electron chi connectivity index (χ1n) is 39.8. The monoisotopic (exact) mass is 1640 g/mol. The summed E-state index contributed by atoms with van der Waals surface area (Å²) in [6.07, 6.45) is 8.01. The minimum absolute atomic E-state index is 0.0528. The first-order valence-corrected chi connectivity index (χ1v) is 39.8. The molecule has 624 valence electrons. The van der Waals surface area contributed by atoms with E-state index in [2.05, 4.69) is 66.6 Å². The number of benzene rings is 6. The molecular formula is C93H95FN18O10. The maximum atomic E-state index is 14.2. The predicted molar refractivity (Wildman–Crippen MR) is 463 cm³/mol. The van der Waals surface area contributed by atoms with Crippen LogP contribution >= 0.6 is 0 Å². The number of H-pyrrole nitrogens is 3. The van der Waals surface area contributed by atoms with Gasteiger partial charge in [-0.3, -0.25) is 57.2 Å². The van der Waals surface area contributed by atoms with Gasteiger partial charge in [-0.05, 0) is 194 Å². The maximum Gasteiger partial charge on any atom is 0.276 e. The molecule has 9 amide bonds. The van der Waals surface area contributed by atoms with E-state index in [1.807, 2.05) is 136 Å². The van der Waals surface area contributed by atoms with Crippen LogP contribution in [0.2, 0.25) is 0 Å². The van der Waals surface area contributed by atoms with Gasteiger partial charge in [0.15, 0.2) is 17.1 Å². The van der Waals surface area contributed by atoms with Crippen LogP contribution in [-0.4, -0.2) is 137 Å². The lowest BCUT2D eigenvalue weighted by molar-refractivity contribution is -0.116. The largest absolute Gasteiger partial charge is 0.389 e. The maximum absolute atomic E-state index is 14.2. The molecule has 0 bridgehead atoms. The third-order valence-electron chi connectivity index (χ3n) is 21.3. The Morgan fingerprint density at radius 3 is 1.29 bits per heavy atom. The van der Waals surface area contributed by atoms with Gasteiger partial charge < -0.3 is 66.7 Å². The molecule has 3 aliphatic heterocycles. The molecule has 122 heavy (non-hydrogen) atoms. The van der Waals surface area contributed by atoms with Gasteiger partial charge in [-0.2, -0.15) is 15.3 Å². The number of nitrogens with one attached hydrogen (secondary N) is 9. The number of nitrogens with zero attached hydrogens (tertiary/aromatic N) is 9. The van der Waals surface area contributed by atoms with Crippen LogP contribution in [0.1, 0.15) is 193 Å². The molecule has 28 nitrogen and oxygen atoms in total. The van der Waals surface area contributed by atoms with Crippen molar-refractivity contribution in [3.63, 3.8) is 0 Å². The van der Waals surface area contributed by atoms with E-state index in [9.17, 15) is 52.6 Å². The molecule has 4 atom stereocenters. The third kappa shape index (κ3) is 19.9. The summed E-state index contributed by atoms with van der Waals surface area (Å²) in [5.41, 5.74) is 16.9. The van der Waals surface area contributed by atoms with E-state index in [1.54, 1.807) is 118 Å². The molecule has 0 radical (unpaired) electrons. The number of rotatable bonds is 23. The number of hydrogen-bond donors (Lipinski definition) is 10. The lowest BCUT2D eigenvalue weighted by Gasteiger charge is -2.32. The van der Waals surface area contributed by atoms with Gasteiger partial charge in [-0.15, -0.1) is 0 Å². The van der Waals surface area contributed by atoms with E-state index in [1.165, 1.54) is 24.3 Å². The number of fused-ring (bicyclic) bond motifs is 3. The second-order valence-corrected chi connectivity index (χ2v) is 30.6. The fraction of sp³-hybridized carbons (Fsp3) is 0.226. The van der Waals surface area contributed by atoms with Crippen molar-refractivity contribution in [2.24, 2.45) is 0 Å². The zero-order chi connectivity index (χ0) is 86.6. The highest BCUT2D eigenvalue weighted by Gasteiger charge is 2.39. The van der Waals surface area contributed by atoms with E-state index < -0.39 is 17.8 Å². The summed E-state index contributed by atoms with van der Waals surface area (Å²) >= 11 is 0. The Morgan fingerprint density at radius 1 is 0.459 bits per heavy atom. The topological polar surface area (TPSA) is 357 Å². The molecule has 0 saturated heterocycles. The van der Waals surface area contributed by atoms with Gasteiger partial charge >= 0.3 is 0 Å². The van der Waals surface area contributed by atoms with Crippen LogP contribution in [0.25, 0.3) is 0 Å². The summed E-state index contributed by atoms with van der Waals surface area (Å²) in [7, 11) is 0. The minimum atomic E-state index is -0.710. The Bertz CT molecular complexity index is 5970. The van der Waals surface area contributed by atoms with Crippen LogP contribution in [0.5, 0.6) is 0 Å². The van der Waals surface area contributed by atoms with Crippen molar-refractivity contribution in [2.45, 2.75) is 118 Å². The van der Waals surface area contributed by atoms with E-state index in [0.29, 0.717) is 112 Å². The first kappa shape index (κ1) is 85.0. The molecule has 0 fully saturated rings. The van der Waals surface area contributed by atoms with Crippen LogP contribution in [0.3, 0.4) is 0 Å². The first-order chi connectivity index (χ1) is 58.7. The van der Waals surface area contributed by atoms with Crippen molar-refractivity contribution < 1.29 is 52.6 Å². The molecule has 0 aliphatic carbocycles. The second-order valence-electron chi connectivity index (χ2n) is 30.6. The molecular weight excluding hydrogens is 1550 g/mol. The van der Waals surface area contributed by atoms with Gasteiger partial charge in [-0.25, -0.2) is 4.39 Å². The molecule has 12 aromatic rings. The van der Waals surface area contributed by atoms with Crippen LogP contribution in [0, 0.1) is 26.6 Å². The van der Waals surface area contributed by atoms with E-state index >= 15 is 0 Å². The van der Waals surface area contributed by atoms with Crippen LogP contribution < -0.4 is 31.9 Å². The molecule has 10 N–H and O–H groups in total. The zero-order valence-electron chi connectivity index (χ0n) is 68.7. The summed E-state index contributed by atoms with van der Waals surface area (Å²) < 4.78 is 19.6. The number of carbonyl (C=O) groups excluding carboxylic acids is 9. The van der Waals surface area contributed by atoms with Crippen LogP contribution in [0.15, 0.2) is 226 Å². The molecule has 29 heteroatoms. The van der Waals surface area contributed by atoms with Crippen LogP contribution in [0.4, 0.5) is 32.8 Å². The van der Waals surface area contributed by atoms with Crippen molar-refractivity contribution in [3.05, 3.63) is 345 Å². The summed E-state index contributed by atoms with van der Waals surface area (Å²) in [6, 6.07) is 50.2. The van der Waals surface area contributed by atoms with Crippen LogP contribution in [-0.2, 0) is 60.2 Å². The lowest BCUT2D eigenvalue weighted by Crippen LogP contribution is -2.38. The highest BCUT2D eigenvalue weighted by molar-refractivity contribution is 6.07.